The van der Waals surface area contributed by atoms with Crippen molar-refractivity contribution in [3.05, 3.63) is 54.3 Å². The van der Waals surface area contributed by atoms with Crippen molar-refractivity contribution in [3.63, 3.8) is 0 Å². The van der Waals surface area contributed by atoms with Crippen LogP contribution in [0.4, 0.5) is 19.0 Å². The highest BCUT2D eigenvalue weighted by molar-refractivity contribution is 5.78. The first-order chi connectivity index (χ1) is 13.1. The molecule has 7 nitrogen and oxygen atoms in total. The number of rotatable bonds is 2. The standard InChI is InChI=1S/C16H11N3O2.C2HF3O2/c17-9-13-12(15-5-2-6-21-15)8-14(19-16(13)18)10-3-1-4-11(20)7-10;3-2(4,5)1(6)7/h1-8,20H,(H2,18,19);(H,6,7). The van der Waals surface area contributed by atoms with Crippen LogP contribution in [0.25, 0.3) is 22.6 Å². The number of carbonyl (C=O) groups is 1. The Morgan fingerprint density at radius 2 is 1.89 bits per heavy atom. The monoisotopic (exact) mass is 391 g/mol. The molecule has 0 saturated heterocycles. The first-order valence-electron chi connectivity index (χ1n) is 7.47. The average Bonchev–Trinajstić information content (AvgIpc) is 3.15. The second kappa shape index (κ2) is 8.13. The molecule has 0 spiro atoms. The molecule has 0 saturated carbocycles. The van der Waals surface area contributed by atoms with E-state index >= 15 is 0 Å². The number of nitrogen functional groups attached to an aromatic ring is 1. The van der Waals surface area contributed by atoms with Gasteiger partial charge in [-0.15, -0.1) is 0 Å². The van der Waals surface area contributed by atoms with Crippen LogP contribution >= 0.6 is 0 Å². The molecule has 2 heterocycles. The number of aromatic hydroxyl groups is 1. The van der Waals surface area contributed by atoms with E-state index in [0.717, 1.165) is 0 Å². The molecule has 0 atom stereocenters. The lowest BCUT2D eigenvalue weighted by molar-refractivity contribution is -0.192. The zero-order valence-electron chi connectivity index (χ0n) is 13.9. The topological polar surface area (TPSA) is 133 Å². The normalized spacial score (nSPS) is 10.5. The first kappa shape index (κ1) is 20.3. The average molecular weight is 391 g/mol. The summed E-state index contributed by atoms with van der Waals surface area (Å²) in [4.78, 5) is 13.1. The van der Waals surface area contributed by atoms with Gasteiger partial charge in [-0.2, -0.15) is 18.4 Å². The van der Waals surface area contributed by atoms with Crippen LogP contribution in [0.3, 0.4) is 0 Å². The van der Waals surface area contributed by atoms with Gasteiger partial charge in [-0.05, 0) is 30.3 Å². The number of phenolic OH excluding ortho intramolecular Hbond substituents is 1. The van der Waals surface area contributed by atoms with Crippen LogP contribution in [0.2, 0.25) is 0 Å². The number of nitriles is 1. The number of benzene rings is 1. The molecule has 28 heavy (non-hydrogen) atoms. The molecule has 0 unspecified atom stereocenters. The van der Waals surface area contributed by atoms with Gasteiger partial charge in [0.25, 0.3) is 0 Å². The minimum Gasteiger partial charge on any atom is -0.508 e. The van der Waals surface area contributed by atoms with Crippen molar-refractivity contribution in [2.75, 3.05) is 5.73 Å². The predicted molar refractivity (Wildman–Crippen MR) is 91.9 cm³/mol. The summed E-state index contributed by atoms with van der Waals surface area (Å²) in [7, 11) is 0. The van der Waals surface area contributed by atoms with Crippen LogP contribution in [-0.4, -0.2) is 27.3 Å². The maximum absolute atomic E-state index is 10.6. The number of hydrogen-bond donors (Lipinski definition) is 3. The number of nitrogens with zero attached hydrogens (tertiary/aromatic N) is 2. The summed E-state index contributed by atoms with van der Waals surface area (Å²) in [5.74, 6) is -1.95. The number of alkyl halides is 3. The Bertz CT molecular complexity index is 1030. The predicted octanol–water partition coefficient (Wildman–Crippen LogP) is 3.80. The first-order valence-corrected chi connectivity index (χ1v) is 7.47. The number of furan rings is 1. The molecule has 3 rings (SSSR count). The Hall–Kier alpha value is -4.00. The van der Waals surface area contributed by atoms with Gasteiger partial charge in [-0.1, -0.05) is 12.1 Å². The summed E-state index contributed by atoms with van der Waals surface area (Å²) < 4.78 is 37.1. The fourth-order valence-electron chi connectivity index (χ4n) is 2.12. The number of aliphatic carboxylic acids is 1. The summed E-state index contributed by atoms with van der Waals surface area (Å²) in [5.41, 5.74) is 8.00. The Morgan fingerprint density at radius 3 is 2.39 bits per heavy atom. The number of carboxylic acids is 1. The molecular formula is C18H12F3N3O4. The number of anilines is 1. The van der Waals surface area contributed by atoms with E-state index in [1.54, 1.807) is 42.5 Å². The summed E-state index contributed by atoms with van der Waals surface area (Å²) in [5, 5.41) is 25.9. The Balaban J connectivity index is 0.000000345. The molecule has 0 fully saturated rings. The molecule has 0 amide bonds. The van der Waals surface area contributed by atoms with Gasteiger partial charge in [-0.3, -0.25) is 0 Å². The lowest BCUT2D eigenvalue weighted by Gasteiger charge is -2.08. The summed E-state index contributed by atoms with van der Waals surface area (Å²) >= 11 is 0. The van der Waals surface area contributed by atoms with Crippen LogP contribution in [0.15, 0.2) is 53.1 Å². The van der Waals surface area contributed by atoms with Gasteiger partial charge in [0.2, 0.25) is 0 Å². The number of carboxylic acid groups (broad SMARTS) is 1. The van der Waals surface area contributed by atoms with E-state index in [4.69, 9.17) is 20.1 Å². The number of phenols is 1. The number of hydrogen-bond acceptors (Lipinski definition) is 6. The lowest BCUT2D eigenvalue weighted by Crippen LogP contribution is -2.21. The Morgan fingerprint density at radius 1 is 1.21 bits per heavy atom. The number of aromatic nitrogens is 1. The lowest BCUT2D eigenvalue weighted by atomic mass is 10.0. The van der Waals surface area contributed by atoms with Crippen molar-refractivity contribution in [1.82, 2.24) is 4.98 Å². The van der Waals surface area contributed by atoms with Gasteiger partial charge in [0.05, 0.1) is 12.0 Å². The van der Waals surface area contributed by atoms with E-state index in [0.29, 0.717) is 22.6 Å². The molecule has 0 aliphatic rings. The highest BCUT2D eigenvalue weighted by atomic mass is 19.4. The van der Waals surface area contributed by atoms with E-state index in [1.807, 2.05) is 6.07 Å². The molecule has 10 heteroatoms. The Labute approximate surface area is 156 Å². The van der Waals surface area contributed by atoms with Crippen molar-refractivity contribution < 1.29 is 32.6 Å². The molecule has 0 radical (unpaired) electrons. The fourth-order valence-corrected chi connectivity index (χ4v) is 2.12. The molecular weight excluding hydrogens is 379 g/mol. The molecule has 0 bridgehead atoms. The third kappa shape index (κ3) is 4.79. The number of halogens is 3. The second-order valence-electron chi connectivity index (χ2n) is 5.26. The van der Waals surface area contributed by atoms with Gasteiger partial charge in [0.15, 0.2) is 0 Å². The third-order valence-electron chi connectivity index (χ3n) is 3.33. The SMILES string of the molecule is N#Cc1c(-c2ccco2)cc(-c2cccc(O)c2)nc1N.O=C(O)C(F)(F)F. The highest BCUT2D eigenvalue weighted by Gasteiger charge is 2.38. The molecule has 144 valence electrons. The van der Waals surface area contributed by atoms with Crippen LogP contribution in [0.1, 0.15) is 5.56 Å². The molecule has 2 aromatic heterocycles. The largest absolute Gasteiger partial charge is 0.508 e. The van der Waals surface area contributed by atoms with Crippen molar-refractivity contribution in [2.24, 2.45) is 0 Å². The van der Waals surface area contributed by atoms with Crippen LogP contribution in [-0.2, 0) is 4.79 Å². The molecule has 4 N–H and O–H groups in total. The molecule has 0 aliphatic heterocycles. The summed E-state index contributed by atoms with van der Waals surface area (Å²) in [6, 6.07) is 13.9. The van der Waals surface area contributed by atoms with Crippen molar-refractivity contribution in [1.29, 1.82) is 5.26 Å². The number of pyridine rings is 1. The fraction of sp³-hybridized carbons (Fsp3) is 0.0556. The maximum atomic E-state index is 10.6. The van der Waals surface area contributed by atoms with Crippen molar-refractivity contribution in [2.45, 2.75) is 6.18 Å². The number of nitrogens with two attached hydrogens (primary N) is 1. The van der Waals surface area contributed by atoms with Gasteiger partial charge >= 0.3 is 12.1 Å². The molecule has 3 aromatic rings. The van der Waals surface area contributed by atoms with Crippen LogP contribution < -0.4 is 5.73 Å². The Kier molecular flexibility index (Phi) is 5.90. The van der Waals surface area contributed by atoms with Crippen LogP contribution in [0.5, 0.6) is 5.75 Å². The summed E-state index contributed by atoms with van der Waals surface area (Å²) in [6.07, 6.45) is -3.55. The maximum Gasteiger partial charge on any atom is 0.490 e. The molecule has 1 aromatic carbocycles. The van der Waals surface area contributed by atoms with E-state index < -0.39 is 12.1 Å². The van der Waals surface area contributed by atoms with Crippen LogP contribution in [0, 0.1) is 11.3 Å². The van der Waals surface area contributed by atoms with Gasteiger partial charge in [-0.25, -0.2) is 9.78 Å². The quantitative estimate of drug-likeness (QED) is 0.605. The van der Waals surface area contributed by atoms with Gasteiger partial charge in [0.1, 0.15) is 29.0 Å². The minimum atomic E-state index is -5.08. The van der Waals surface area contributed by atoms with Gasteiger partial charge in [0, 0.05) is 11.1 Å². The zero-order chi connectivity index (χ0) is 20.9. The van der Waals surface area contributed by atoms with E-state index in [-0.39, 0.29) is 17.1 Å². The molecule has 0 aliphatic carbocycles. The smallest absolute Gasteiger partial charge is 0.490 e. The van der Waals surface area contributed by atoms with E-state index in [9.17, 15) is 23.5 Å². The van der Waals surface area contributed by atoms with E-state index in [2.05, 4.69) is 4.98 Å². The minimum absolute atomic E-state index is 0.129. The van der Waals surface area contributed by atoms with Crippen molar-refractivity contribution >= 4 is 11.8 Å². The third-order valence-corrected chi connectivity index (χ3v) is 3.33. The highest BCUT2D eigenvalue weighted by Crippen LogP contribution is 2.32. The zero-order valence-corrected chi connectivity index (χ0v) is 13.9. The summed E-state index contributed by atoms with van der Waals surface area (Å²) in [6.45, 7) is 0. The van der Waals surface area contributed by atoms with E-state index in [1.165, 1.54) is 6.26 Å². The van der Waals surface area contributed by atoms with Gasteiger partial charge < -0.3 is 20.4 Å². The second-order valence-corrected chi connectivity index (χ2v) is 5.26. The van der Waals surface area contributed by atoms with Crippen molar-refractivity contribution in [3.8, 4) is 34.4 Å².